The van der Waals surface area contributed by atoms with Gasteiger partial charge in [0.05, 0.1) is 11.4 Å². The van der Waals surface area contributed by atoms with E-state index in [1.165, 1.54) is 17.2 Å². The number of nitrogens with two attached hydrogens (primary N) is 1. The molecule has 2 N–H and O–H groups in total. The van der Waals surface area contributed by atoms with Gasteiger partial charge in [0.1, 0.15) is 5.82 Å². The van der Waals surface area contributed by atoms with Crippen LogP contribution in [0, 0.1) is 19.7 Å². The number of rotatable bonds is 2. The minimum Gasteiger partial charge on any atom is -0.395 e. The van der Waals surface area contributed by atoms with Crippen molar-refractivity contribution in [2.75, 3.05) is 17.7 Å². The van der Waals surface area contributed by atoms with Crippen molar-refractivity contribution < 1.29 is 4.39 Å². The van der Waals surface area contributed by atoms with E-state index in [0.29, 0.717) is 5.69 Å². The SMILES string of the molecule is Cc1ccc(N(C)c2cccc(F)c2N)cc1C. The van der Waals surface area contributed by atoms with Gasteiger partial charge in [-0.3, -0.25) is 0 Å². The van der Waals surface area contributed by atoms with Crippen LogP contribution in [0.5, 0.6) is 0 Å². The molecule has 0 radical (unpaired) electrons. The van der Waals surface area contributed by atoms with E-state index in [2.05, 4.69) is 26.0 Å². The third-order valence-corrected chi connectivity index (χ3v) is 3.27. The lowest BCUT2D eigenvalue weighted by Crippen LogP contribution is -2.12. The molecule has 0 aliphatic carbocycles. The lowest BCUT2D eigenvalue weighted by Gasteiger charge is -2.22. The van der Waals surface area contributed by atoms with Gasteiger partial charge in [0, 0.05) is 12.7 Å². The zero-order valence-corrected chi connectivity index (χ0v) is 10.9. The summed E-state index contributed by atoms with van der Waals surface area (Å²) >= 11 is 0. The van der Waals surface area contributed by atoms with Gasteiger partial charge in [-0.05, 0) is 49.2 Å². The zero-order valence-electron chi connectivity index (χ0n) is 10.9. The standard InChI is InChI=1S/C15H17FN2/c1-10-7-8-12(9-11(10)2)18(3)14-6-4-5-13(16)15(14)17/h4-9H,17H2,1-3H3. The third kappa shape index (κ3) is 2.16. The maximum Gasteiger partial charge on any atom is 0.148 e. The Morgan fingerprint density at radius 1 is 1.06 bits per heavy atom. The van der Waals surface area contributed by atoms with Gasteiger partial charge in [-0.25, -0.2) is 4.39 Å². The number of halogens is 1. The van der Waals surface area contributed by atoms with Crippen LogP contribution in [0.4, 0.5) is 21.5 Å². The second-order valence-electron chi connectivity index (χ2n) is 4.50. The fourth-order valence-electron chi connectivity index (χ4n) is 1.89. The molecule has 3 heteroatoms. The number of nitrogens with zero attached hydrogens (tertiary/aromatic N) is 1. The van der Waals surface area contributed by atoms with Crippen LogP contribution in [0.1, 0.15) is 11.1 Å². The molecule has 0 aliphatic rings. The van der Waals surface area contributed by atoms with E-state index in [1.807, 2.05) is 24.1 Å². The van der Waals surface area contributed by atoms with Crippen molar-refractivity contribution in [3.63, 3.8) is 0 Å². The van der Waals surface area contributed by atoms with Crippen LogP contribution in [-0.4, -0.2) is 7.05 Å². The fraction of sp³-hybridized carbons (Fsp3) is 0.200. The number of aryl methyl sites for hydroxylation is 2. The quantitative estimate of drug-likeness (QED) is 0.814. The molecule has 0 heterocycles. The maximum absolute atomic E-state index is 13.4. The minimum atomic E-state index is -0.386. The summed E-state index contributed by atoms with van der Waals surface area (Å²) in [6.45, 7) is 4.12. The van der Waals surface area contributed by atoms with Crippen molar-refractivity contribution in [3.05, 3.63) is 53.3 Å². The molecule has 0 atom stereocenters. The maximum atomic E-state index is 13.4. The first kappa shape index (κ1) is 12.4. The highest BCUT2D eigenvalue weighted by atomic mass is 19.1. The predicted molar refractivity (Wildman–Crippen MR) is 74.8 cm³/mol. The number of para-hydroxylation sites is 1. The molecule has 0 aromatic heterocycles. The summed E-state index contributed by atoms with van der Waals surface area (Å²) in [6, 6.07) is 11.0. The Bertz CT molecular complexity index is 579. The van der Waals surface area contributed by atoms with E-state index >= 15 is 0 Å². The number of hydrogen-bond donors (Lipinski definition) is 1. The monoisotopic (exact) mass is 244 g/mol. The van der Waals surface area contributed by atoms with Gasteiger partial charge < -0.3 is 10.6 Å². The molecule has 18 heavy (non-hydrogen) atoms. The van der Waals surface area contributed by atoms with E-state index in [4.69, 9.17) is 5.73 Å². The molecule has 0 spiro atoms. The Balaban J connectivity index is 2.44. The lowest BCUT2D eigenvalue weighted by atomic mass is 10.1. The highest BCUT2D eigenvalue weighted by molar-refractivity contribution is 5.75. The Kier molecular flexibility index (Phi) is 3.24. The van der Waals surface area contributed by atoms with E-state index in [9.17, 15) is 4.39 Å². The number of anilines is 3. The van der Waals surface area contributed by atoms with Crippen molar-refractivity contribution in [1.82, 2.24) is 0 Å². The van der Waals surface area contributed by atoms with Crippen LogP contribution in [0.25, 0.3) is 0 Å². The fourth-order valence-corrected chi connectivity index (χ4v) is 1.89. The average Bonchev–Trinajstić information content (AvgIpc) is 2.35. The van der Waals surface area contributed by atoms with Gasteiger partial charge in [0.15, 0.2) is 0 Å². The van der Waals surface area contributed by atoms with Crippen LogP contribution in [0.3, 0.4) is 0 Å². The molecule has 2 rings (SSSR count). The van der Waals surface area contributed by atoms with Gasteiger partial charge in [-0.2, -0.15) is 0 Å². The molecular weight excluding hydrogens is 227 g/mol. The van der Waals surface area contributed by atoms with Crippen molar-refractivity contribution in [3.8, 4) is 0 Å². The molecule has 94 valence electrons. The van der Waals surface area contributed by atoms with Crippen LogP contribution in [-0.2, 0) is 0 Å². The topological polar surface area (TPSA) is 29.3 Å². The first-order chi connectivity index (χ1) is 8.50. The second kappa shape index (κ2) is 4.69. The Morgan fingerprint density at radius 3 is 2.44 bits per heavy atom. The average molecular weight is 244 g/mol. The van der Waals surface area contributed by atoms with Gasteiger partial charge in [-0.15, -0.1) is 0 Å². The molecule has 0 fully saturated rings. The number of hydrogen-bond acceptors (Lipinski definition) is 2. The van der Waals surface area contributed by atoms with Crippen molar-refractivity contribution in [2.45, 2.75) is 13.8 Å². The Hall–Kier alpha value is -2.03. The summed E-state index contributed by atoms with van der Waals surface area (Å²) in [6.07, 6.45) is 0. The second-order valence-corrected chi connectivity index (χ2v) is 4.50. The van der Waals surface area contributed by atoms with Crippen molar-refractivity contribution in [2.24, 2.45) is 0 Å². The van der Waals surface area contributed by atoms with Crippen LogP contribution < -0.4 is 10.6 Å². The van der Waals surface area contributed by atoms with Gasteiger partial charge >= 0.3 is 0 Å². The molecular formula is C15H17FN2. The Labute approximate surface area is 107 Å². The molecule has 2 aromatic carbocycles. The normalized spacial score (nSPS) is 10.4. The number of nitrogen functional groups attached to an aromatic ring is 1. The van der Waals surface area contributed by atoms with Crippen LogP contribution in [0.2, 0.25) is 0 Å². The zero-order chi connectivity index (χ0) is 13.3. The largest absolute Gasteiger partial charge is 0.395 e. The van der Waals surface area contributed by atoms with E-state index in [0.717, 1.165) is 5.69 Å². The molecule has 0 unspecified atom stereocenters. The molecule has 0 saturated heterocycles. The Morgan fingerprint density at radius 2 is 1.78 bits per heavy atom. The van der Waals surface area contributed by atoms with E-state index in [1.54, 1.807) is 6.07 Å². The molecule has 0 aliphatic heterocycles. The minimum absolute atomic E-state index is 0.179. The molecule has 0 amide bonds. The predicted octanol–water partition coefficient (Wildman–Crippen LogP) is 3.79. The van der Waals surface area contributed by atoms with Crippen molar-refractivity contribution in [1.29, 1.82) is 0 Å². The third-order valence-electron chi connectivity index (χ3n) is 3.27. The molecule has 2 nitrogen and oxygen atoms in total. The summed E-state index contributed by atoms with van der Waals surface area (Å²) in [5.74, 6) is -0.386. The number of benzene rings is 2. The van der Waals surface area contributed by atoms with Gasteiger partial charge in [0.2, 0.25) is 0 Å². The van der Waals surface area contributed by atoms with E-state index in [-0.39, 0.29) is 11.5 Å². The smallest absolute Gasteiger partial charge is 0.148 e. The van der Waals surface area contributed by atoms with Crippen molar-refractivity contribution >= 4 is 17.1 Å². The molecule has 2 aromatic rings. The first-order valence-electron chi connectivity index (χ1n) is 5.85. The highest BCUT2D eigenvalue weighted by Crippen LogP contribution is 2.31. The summed E-state index contributed by atoms with van der Waals surface area (Å²) in [4.78, 5) is 1.89. The van der Waals surface area contributed by atoms with E-state index < -0.39 is 0 Å². The van der Waals surface area contributed by atoms with Crippen LogP contribution >= 0.6 is 0 Å². The first-order valence-corrected chi connectivity index (χ1v) is 5.85. The summed E-state index contributed by atoms with van der Waals surface area (Å²) in [5.41, 5.74) is 10.1. The summed E-state index contributed by atoms with van der Waals surface area (Å²) in [5, 5.41) is 0. The van der Waals surface area contributed by atoms with Gasteiger partial charge in [0.25, 0.3) is 0 Å². The molecule has 0 bridgehead atoms. The summed E-state index contributed by atoms with van der Waals surface area (Å²) < 4.78 is 13.4. The highest BCUT2D eigenvalue weighted by Gasteiger charge is 2.10. The lowest BCUT2D eigenvalue weighted by molar-refractivity contribution is 0.632. The molecule has 0 saturated carbocycles. The van der Waals surface area contributed by atoms with Gasteiger partial charge in [-0.1, -0.05) is 12.1 Å². The summed E-state index contributed by atoms with van der Waals surface area (Å²) in [7, 11) is 1.88. The van der Waals surface area contributed by atoms with Crippen LogP contribution in [0.15, 0.2) is 36.4 Å².